The Hall–Kier alpha value is -3.72. The molecule has 4 aromatic rings. The second kappa shape index (κ2) is 12.7. The van der Waals surface area contributed by atoms with E-state index >= 15 is 0 Å². The van der Waals surface area contributed by atoms with Gasteiger partial charge in [-0.2, -0.15) is 0 Å². The molecule has 4 rings (SSSR count). The van der Waals surface area contributed by atoms with Crippen molar-refractivity contribution in [1.29, 1.82) is 0 Å². The molecule has 4 aromatic carbocycles. The highest BCUT2D eigenvalue weighted by molar-refractivity contribution is 5.56. The monoisotopic (exact) mass is 505 g/mol. The van der Waals surface area contributed by atoms with Gasteiger partial charge in [0.05, 0.1) is 0 Å². The second-order valence-electron chi connectivity index (χ2n) is 10.3. The lowest BCUT2D eigenvalue weighted by Crippen LogP contribution is -2.22. The minimum atomic E-state index is 0.179. The molecule has 3 nitrogen and oxygen atoms in total. The maximum Gasteiger partial charge on any atom is 0.0429 e. The van der Waals surface area contributed by atoms with Gasteiger partial charge in [-0.1, -0.05) is 67.6 Å². The van der Waals surface area contributed by atoms with Gasteiger partial charge in [-0.3, -0.25) is 0 Å². The van der Waals surface area contributed by atoms with E-state index in [-0.39, 0.29) is 5.92 Å². The number of rotatable bonds is 11. The fourth-order valence-electron chi connectivity index (χ4n) is 5.01. The molecule has 198 valence electrons. The minimum Gasteiger partial charge on any atom is -0.378 e. The van der Waals surface area contributed by atoms with Crippen molar-refractivity contribution in [2.45, 2.75) is 39.7 Å². The molecule has 0 aliphatic heterocycles. The van der Waals surface area contributed by atoms with Crippen molar-refractivity contribution >= 4 is 17.1 Å². The predicted molar refractivity (Wildman–Crippen MR) is 166 cm³/mol. The summed E-state index contributed by atoms with van der Waals surface area (Å²) in [4.78, 5) is 6.87. The van der Waals surface area contributed by atoms with Gasteiger partial charge in [-0.15, -0.1) is 0 Å². The molecule has 0 aromatic heterocycles. The first-order valence-electron chi connectivity index (χ1n) is 13.9. The Bertz CT molecular complexity index is 1260. The third-order valence-electron chi connectivity index (χ3n) is 7.66. The van der Waals surface area contributed by atoms with Crippen LogP contribution in [0.2, 0.25) is 0 Å². The van der Waals surface area contributed by atoms with E-state index in [0.29, 0.717) is 0 Å². The Morgan fingerprint density at radius 2 is 0.947 bits per heavy atom. The molecule has 0 bridgehead atoms. The van der Waals surface area contributed by atoms with Crippen LogP contribution in [-0.2, 0) is 13.0 Å². The van der Waals surface area contributed by atoms with Crippen LogP contribution in [0.25, 0.3) is 0 Å². The largest absolute Gasteiger partial charge is 0.378 e. The summed E-state index contributed by atoms with van der Waals surface area (Å²) in [7, 11) is 6.32. The SMILES string of the molecule is CCc1ccc(CN(CC)c2ccc(C(c3ccc(N(C)C)cc3)c3ccc(N(C)CC)cc3)cc2)cc1. The smallest absolute Gasteiger partial charge is 0.0429 e. The summed E-state index contributed by atoms with van der Waals surface area (Å²) in [5.41, 5.74) is 10.4. The summed E-state index contributed by atoms with van der Waals surface area (Å²) in [6, 6.07) is 36.3. The molecule has 0 fully saturated rings. The first kappa shape index (κ1) is 27.3. The van der Waals surface area contributed by atoms with E-state index < -0.39 is 0 Å². The van der Waals surface area contributed by atoms with Crippen molar-refractivity contribution in [2.75, 3.05) is 48.9 Å². The van der Waals surface area contributed by atoms with Crippen LogP contribution in [0, 0.1) is 0 Å². The van der Waals surface area contributed by atoms with Crippen LogP contribution < -0.4 is 14.7 Å². The van der Waals surface area contributed by atoms with E-state index in [4.69, 9.17) is 0 Å². The van der Waals surface area contributed by atoms with Crippen LogP contribution in [0.15, 0.2) is 97.1 Å². The topological polar surface area (TPSA) is 9.72 Å². The van der Waals surface area contributed by atoms with Crippen LogP contribution in [0.4, 0.5) is 17.1 Å². The molecule has 0 saturated heterocycles. The van der Waals surface area contributed by atoms with Gasteiger partial charge >= 0.3 is 0 Å². The van der Waals surface area contributed by atoms with Gasteiger partial charge < -0.3 is 14.7 Å². The van der Waals surface area contributed by atoms with Crippen LogP contribution >= 0.6 is 0 Å². The van der Waals surface area contributed by atoms with E-state index in [1.165, 1.54) is 44.9 Å². The van der Waals surface area contributed by atoms with Gasteiger partial charge in [0.1, 0.15) is 0 Å². The molecule has 1 atom stereocenters. The third kappa shape index (κ3) is 6.39. The Labute approximate surface area is 230 Å². The summed E-state index contributed by atoms with van der Waals surface area (Å²) in [5.74, 6) is 0.179. The summed E-state index contributed by atoms with van der Waals surface area (Å²) in [6.07, 6.45) is 1.08. The molecule has 0 spiro atoms. The highest BCUT2D eigenvalue weighted by atomic mass is 15.1. The Kier molecular flexibility index (Phi) is 9.12. The minimum absolute atomic E-state index is 0.179. The fraction of sp³-hybridized carbons (Fsp3) is 0.314. The molecule has 0 heterocycles. The summed E-state index contributed by atoms with van der Waals surface area (Å²) < 4.78 is 0. The molecule has 1 unspecified atom stereocenters. The van der Waals surface area contributed by atoms with E-state index in [1.54, 1.807) is 0 Å². The van der Waals surface area contributed by atoms with Crippen LogP contribution in [0.1, 0.15) is 54.5 Å². The van der Waals surface area contributed by atoms with Crippen molar-refractivity contribution < 1.29 is 0 Å². The fourth-order valence-corrected chi connectivity index (χ4v) is 5.01. The van der Waals surface area contributed by atoms with Crippen molar-refractivity contribution in [2.24, 2.45) is 0 Å². The number of hydrogen-bond acceptors (Lipinski definition) is 3. The lowest BCUT2D eigenvalue weighted by Gasteiger charge is -2.25. The molecule has 38 heavy (non-hydrogen) atoms. The summed E-state index contributed by atoms with van der Waals surface area (Å²) in [6.45, 7) is 9.50. The number of benzene rings is 4. The predicted octanol–water partition coefficient (Wildman–Crippen LogP) is 7.98. The lowest BCUT2D eigenvalue weighted by molar-refractivity contribution is 0.830. The van der Waals surface area contributed by atoms with Crippen LogP contribution in [0.3, 0.4) is 0 Å². The van der Waals surface area contributed by atoms with E-state index in [2.05, 4.69) is 154 Å². The quantitative estimate of drug-likeness (QED) is 0.191. The summed E-state index contributed by atoms with van der Waals surface area (Å²) in [5, 5.41) is 0. The Morgan fingerprint density at radius 3 is 1.37 bits per heavy atom. The molecule has 0 radical (unpaired) electrons. The first-order valence-corrected chi connectivity index (χ1v) is 13.9. The molecule has 3 heteroatoms. The highest BCUT2D eigenvalue weighted by Gasteiger charge is 2.18. The van der Waals surface area contributed by atoms with Gasteiger partial charge in [0.2, 0.25) is 0 Å². The first-order chi connectivity index (χ1) is 18.4. The van der Waals surface area contributed by atoms with Crippen molar-refractivity contribution in [3.05, 3.63) is 125 Å². The molecule has 0 saturated carbocycles. The Balaban J connectivity index is 1.64. The number of anilines is 3. The van der Waals surface area contributed by atoms with Gasteiger partial charge in [0, 0.05) is 63.8 Å². The maximum absolute atomic E-state index is 2.45. The lowest BCUT2D eigenvalue weighted by atomic mass is 9.85. The molecule has 0 aliphatic carbocycles. The van der Waals surface area contributed by atoms with E-state index in [1.807, 2.05) is 0 Å². The third-order valence-corrected chi connectivity index (χ3v) is 7.66. The molecule has 0 amide bonds. The van der Waals surface area contributed by atoms with Gasteiger partial charge in [-0.25, -0.2) is 0 Å². The van der Waals surface area contributed by atoms with Gasteiger partial charge in [0.25, 0.3) is 0 Å². The molecular weight excluding hydrogens is 462 g/mol. The zero-order chi connectivity index (χ0) is 27.1. The van der Waals surface area contributed by atoms with Crippen molar-refractivity contribution in [3.8, 4) is 0 Å². The van der Waals surface area contributed by atoms with Crippen LogP contribution in [0.5, 0.6) is 0 Å². The zero-order valence-electron chi connectivity index (χ0n) is 24.0. The number of aryl methyl sites for hydroxylation is 1. The van der Waals surface area contributed by atoms with Crippen LogP contribution in [-0.4, -0.2) is 34.2 Å². The standard InChI is InChI=1S/C35H43N3/c1-7-27-10-12-28(13-11-27)26-38(9-3)34-24-18-31(19-25-34)35(29-14-20-32(21-15-29)36(4)5)30-16-22-33(23-17-30)37(6)8-2/h10-25,35H,7-9,26H2,1-6H3. The second-order valence-corrected chi connectivity index (χ2v) is 10.3. The summed E-state index contributed by atoms with van der Waals surface area (Å²) >= 11 is 0. The normalized spacial score (nSPS) is 11.7. The molecular formula is C35H43N3. The maximum atomic E-state index is 2.45. The average Bonchev–Trinajstić information content (AvgIpc) is 2.97. The van der Waals surface area contributed by atoms with Crippen molar-refractivity contribution in [1.82, 2.24) is 0 Å². The number of hydrogen-bond donors (Lipinski definition) is 0. The highest BCUT2D eigenvalue weighted by Crippen LogP contribution is 2.35. The average molecular weight is 506 g/mol. The van der Waals surface area contributed by atoms with E-state index in [9.17, 15) is 0 Å². The van der Waals surface area contributed by atoms with E-state index in [0.717, 1.165) is 26.1 Å². The molecule has 0 N–H and O–H groups in total. The molecule has 0 aliphatic rings. The number of nitrogens with zero attached hydrogens (tertiary/aromatic N) is 3. The Morgan fingerprint density at radius 1 is 0.500 bits per heavy atom. The van der Waals surface area contributed by atoms with Gasteiger partial charge in [0.15, 0.2) is 0 Å². The van der Waals surface area contributed by atoms with Crippen molar-refractivity contribution in [3.63, 3.8) is 0 Å². The zero-order valence-corrected chi connectivity index (χ0v) is 24.0. The van der Waals surface area contributed by atoms with Gasteiger partial charge in [-0.05, 0) is 84.5 Å².